The van der Waals surface area contributed by atoms with E-state index < -0.39 is 0 Å². The van der Waals surface area contributed by atoms with Crippen LogP contribution in [0.2, 0.25) is 0 Å². The molecule has 26 heavy (non-hydrogen) atoms. The van der Waals surface area contributed by atoms with E-state index in [1.54, 1.807) is 17.4 Å². The number of hydrogen-bond acceptors (Lipinski definition) is 5. The van der Waals surface area contributed by atoms with Crippen molar-refractivity contribution in [3.05, 3.63) is 39.8 Å². The predicted molar refractivity (Wildman–Crippen MR) is 109 cm³/mol. The Hall–Kier alpha value is -2.28. The number of hydrogen-bond donors (Lipinski definition) is 2. The zero-order valence-electron chi connectivity index (χ0n) is 15.7. The largest absolute Gasteiger partial charge is 0.506 e. The third kappa shape index (κ3) is 4.27. The van der Waals surface area contributed by atoms with Gasteiger partial charge in [0.05, 0.1) is 16.4 Å². The van der Waals surface area contributed by atoms with E-state index in [1.165, 1.54) is 4.88 Å². The number of thiazole rings is 1. The molecule has 7 heteroatoms. The Morgan fingerprint density at radius 3 is 2.58 bits per heavy atom. The van der Waals surface area contributed by atoms with Crippen LogP contribution in [0.15, 0.2) is 29.3 Å². The molecule has 3 rings (SSSR count). The van der Waals surface area contributed by atoms with E-state index in [0.29, 0.717) is 5.75 Å². The van der Waals surface area contributed by atoms with Crippen LogP contribution in [0, 0.1) is 13.8 Å². The molecular weight excluding hydrogens is 346 g/mol. The zero-order valence-corrected chi connectivity index (χ0v) is 16.5. The Kier molecular flexibility index (Phi) is 5.98. The molecule has 6 nitrogen and oxygen atoms in total. The van der Waals surface area contributed by atoms with Crippen molar-refractivity contribution < 1.29 is 5.11 Å². The van der Waals surface area contributed by atoms with Gasteiger partial charge < -0.3 is 20.2 Å². The Balaban J connectivity index is 1.51. The first-order valence-electron chi connectivity index (χ1n) is 9.00. The minimum Gasteiger partial charge on any atom is -0.506 e. The zero-order chi connectivity index (χ0) is 18.5. The number of piperazine rings is 1. The molecular formula is C19H27N5OS. The number of anilines is 1. The van der Waals surface area contributed by atoms with Crippen LogP contribution in [0.4, 0.5) is 5.69 Å². The van der Waals surface area contributed by atoms with Crippen LogP contribution in [0.25, 0.3) is 0 Å². The number of aromatic hydroxyl groups is 1. The molecule has 0 bridgehead atoms. The highest BCUT2D eigenvalue weighted by Crippen LogP contribution is 2.27. The predicted octanol–water partition coefficient (Wildman–Crippen LogP) is 2.41. The van der Waals surface area contributed by atoms with Gasteiger partial charge in [-0.05, 0) is 26.0 Å². The van der Waals surface area contributed by atoms with Gasteiger partial charge in [0, 0.05) is 51.1 Å². The number of aliphatic imine (C=N–C) groups is 1. The molecule has 140 valence electrons. The Labute approximate surface area is 159 Å². The fourth-order valence-corrected chi connectivity index (χ4v) is 4.25. The molecule has 0 aliphatic carbocycles. The van der Waals surface area contributed by atoms with E-state index in [-0.39, 0.29) is 0 Å². The maximum absolute atomic E-state index is 10.0. The van der Waals surface area contributed by atoms with Gasteiger partial charge in [-0.15, -0.1) is 11.3 Å². The van der Waals surface area contributed by atoms with Gasteiger partial charge in [-0.1, -0.05) is 12.1 Å². The third-order valence-electron chi connectivity index (χ3n) is 4.65. The highest BCUT2D eigenvalue weighted by atomic mass is 32.1. The van der Waals surface area contributed by atoms with Gasteiger partial charge in [0.2, 0.25) is 0 Å². The van der Waals surface area contributed by atoms with Crippen molar-refractivity contribution in [2.45, 2.75) is 20.3 Å². The number of para-hydroxylation sites is 2. The average Bonchev–Trinajstić information content (AvgIpc) is 2.97. The summed E-state index contributed by atoms with van der Waals surface area (Å²) in [5.74, 6) is 1.29. The minimum absolute atomic E-state index is 0.346. The topological polar surface area (TPSA) is 64.0 Å². The van der Waals surface area contributed by atoms with Crippen molar-refractivity contribution >= 4 is 23.0 Å². The Morgan fingerprint density at radius 1 is 1.23 bits per heavy atom. The van der Waals surface area contributed by atoms with Crippen LogP contribution in [0.1, 0.15) is 15.6 Å². The fourth-order valence-electron chi connectivity index (χ4n) is 3.32. The number of benzene rings is 1. The van der Waals surface area contributed by atoms with E-state index in [4.69, 9.17) is 0 Å². The number of nitrogens with one attached hydrogen (secondary N) is 1. The normalized spacial score (nSPS) is 15.4. The second kappa shape index (κ2) is 8.40. The van der Waals surface area contributed by atoms with Crippen molar-refractivity contribution in [3.63, 3.8) is 0 Å². The molecule has 1 fully saturated rings. The number of nitrogens with zero attached hydrogens (tertiary/aromatic N) is 4. The first-order valence-corrected chi connectivity index (χ1v) is 9.81. The van der Waals surface area contributed by atoms with Gasteiger partial charge >= 0.3 is 0 Å². The molecule has 0 amide bonds. The molecule has 0 spiro atoms. The summed E-state index contributed by atoms with van der Waals surface area (Å²) >= 11 is 1.77. The average molecular weight is 374 g/mol. The monoisotopic (exact) mass is 373 g/mol. The highest BCUT2D eigenvalue weighted by molar-refractivity contribution is 7.11. The lowest BCUT2D eigenvalue weighted by Gasteiger charge is -2.37. The van der Waals surface area contributed by atoms with Crippen molar-refractivity contribution in [1.82, 2.24) is 15.2 Å². The standard InChI is InChI=1S/C19H27N5OS/c1-14-18(26-15(2)22-14)8-9-21-19(20-3)24-12-10-23(11-13-24)16-6-4-5-7-17(16)25/h4-7,25H,8-13H2,1-3H3,(H,20,21). The van der Waals surface area contributed by atoms with E-state index in [0.717, 1.165) is 61.5 Å². The second-order valence-electron chi connectivity index (χ2n) is 6.43. The SMILES string of the molecule is CN=C(NCCc1sc(C)nc1C)N1CCN(c2ccccc2O)CC1. The smallest absolute Gasteiger partial charge is 0.193 e. The summed E-state index contributed by atoms with van der Waals surface area (Å²) in [6.07, 6.45) is 0.966. The van der Waals surface area contributed by atoms with E-state index in [9.17, 15) is 5.11 Å². The molecule has 0 saturated carbocycles. The molecule has 2 heterocycles. The lowest BCUT2D eigenvalue weighted by molar-refractivity contribution is 0.370. The van der Waals surface area contributed by atoms with Gasteiger partial charge in [0.1, 0.15) is 5.75 Å². The number of guanidine groups is 1. The molecule has 0 unspecified atom stereocenters. The van der Waals surface area contributed by atoms with Crippen molar-refractivity contribution in [3.8, 4) is 5.75 Å². The number of aromatic nitrogens is 1. The van der Waals surface area contributed by atoms with E-state index in [2.05, 4.69) is 38.9 Å². The molecule has 1 aliphatic heterocycles. The lowest BCUT2D eigenvalue weighted by Crippen LogP contribution is -2.52. The minimum atomic E-state index is 0.346. The second-order valence-corrected chi connectivity index (χ2v) is 7.72. The molecule has 2 aromatic rings. The summed E-state index contributed by atoms with van der Waals surface area (Å²) in [4.78, 5) is 14.8. The van der Waals surface area contributed by atoms with E-state index in [1.807, 2.05) is 25.2 Å². The van der Waals surface area contributed by atoms with Gasteiger partial charge in [-0.3, -0.25) is 4.99 Å². The molecule has 1 saturated heterocycles. The molecule has 2 N–H and O–H groups in total. The maximum Gasteiger partial charge on any atom is 0.193 e. The Bertz CT molecular complexity index is 765. The van der Waals surface area contributed by atoms with Crippen LogP contribution < -0.4 is 10.2 Å². The molecule has 0 atom stereocenters. The summed E-state index contributed by atoms with van der Waals surface area (Å²) in [6, 6.07) is 7.53. The lowest BCUT2D eigenvalue weighted by atomic mass is 10.2. The summed E-state index contributed by atoms with van der Waals surface area (Å²) in [5.41, 5.74) is 2.05. The quantitative estimate of drug-likeness (QED) is 0.636. The Morgan fingerprint density at radius 2 is 1.96 bits per heavy atom. The molecule has 1 aromatic carbocycles. The maximum atomic E-state index is 10.0. The third-order valence-corrected chi connectivity index (χ3v) is 5.78. The molecule has 1 aliphatic rings. The summed E-state index contributed by atoms with van der Waals surface area (Å²) in [6.45, 7) is 8.48. The summed E-state index contributed by atoms with van der Waals surface area (Å²) < 4.78 is 0. The van der Waals surface area contributed by atoms with Crippen molar-refractivity contribution in [2.75, 3.05) is 44.7 Å². The number of phenols is 1. The van der Waals surface area contributed by atoms with Crippen LogP contribution in [0.5, 0.6) is 5.75 Å². The highest BCUT2D eigenvalue weighted by Gasteiger charge is 2.21. The first-order chi connectivity index (χ1) is 12.6. The summed E-state index contributed by atoms with van der Waals surface area (Å²) in [7, 11) is 1.83. The molecule has 0 radical (unpaired) electrons. The summed E-state index contributed by atoms with van der Waals surface area (Å²) in [5, 5.41) is 14.6. The van der Waals surface area contributed by atoms with Gasteiger partial charge in [-0.2, -0.15) is 0 Å². The van der Waals surface area contributed by atoms with Crippen molar-refractivity contribution in [1.29, 1.82) is 0 Å². The van der Waals surface area contributed by atoms with Gasteiger partial charge in [0.25, 0.3) is 0 Å². The number of phenolic OH excluding ortho intramolecular Hbond substituents is 1. The van der Waals surface area contributed by atoms with Gasteiger partial charge in [-0.25, -0.2) is 4.98 Å². The van der Waals surface area contributed by atoms with Crippen LogP contribution in [-0.2, 0) is 6.42 Å². The molecule has 1 aromatic heterocycles. The first kappa shape index (κ1) is 18.5. The fraction of sp³-hybridized carbons (Fsp3) is 0.474. The van der Waals surface area contributed by atoms with E-state index >= 15 is 0 Å². The number of aryl methyl sites for hydroxylation is 2. The number of rotatable bonds is 4. The van der Waals surface area contributed by atoms with Crippen LogP contribution >= 0.6 is 11.3 Å². The van der Waals surface area contributed by atoms with Crippen molar-refractivity contribution in [2.24, 2.45) is 4.99 Å². The van der Waals surface area contributed by atoms with Gasteiger partial charge in [0.15, 0.2) is 5.96 Å². The van der Waals surface area contributed by atoms with Crippen LogP contribution in [0.3, 0.4) is 0 Å². The van der Waals surface area contributed by atoms with Crippen LogP contribution in [-0.4, -0.2) is 60.7 Å².